The normalized spacial score (nSPS) is 27.9. The zero-order chi connectivity index (χ0) is 7.40. The molecule has 0 amide bonds. The average Bonchev–Trinajstić information content (AvgIpc) is 2.38. The van der Waals surface area contributed by atoms with Crippen LogP contribution in [0.3, 0.4) is 0 Å². The van der Waals surface area contributed by atoms with Gasteiger partial charge in [0.2, 0.25) is 0 Å². The van der Waals surface area contributed by atoms with E-state index in [9.17, 15) is 4.79 Å². The molecule has 58 valence electrons. The summed E-state index contributed by atoms with van der Waals surface area (Å²) >= 11 is 1.80. The Morgan fingerprint density at radius 1 is 1.90 bits per heavy atom. The standard InChI is InChI=1S/C6H11NO2S/c1-5(9-4-8)6-7-2-3-10-6/h4-7H,2-3H2,1H3. The van der Waals surface area contributed by atoms with Gasteiger partial charge in [0.05, 0.1) is 5.37 Å². The van der Waals surface area contributed by atoms with E-state index in [1.165, 1.54) is 0 Å². The van der Waals surface area contributed by atoms with Crippen LogP contribution in [-0.4, -0.2) is 30.2 Å². The SMILES string of the molecule is CC(OC=O)C1NCCS1. The summed E-state index contributed by atoms with van der Waals surface area (Å²) in [5, 5.41) is 3.52. The molecule has 0 aromatic rings. The topological polar surface area (TPSA) is 38.3 Å². The number of thioether (sulfide) groups is 1. The Morgan fingerprint density at radius 2 is 2.70 bits per heavy atom. The summed E-state index contributed by atoms with van der Waals surface area (Å²) in [5.74, 6) is 1.11. The molecule has 1 rings (SSSR count). The zero-order valence-corrected chi connectivity index (χ0v) is 6.69. The number of hydrogen-bond donors (Lipinski definition) is 1. The number of carbonyl (C=O) groups is 1. The lowest BCUT2D eigenvalue weighted by Gasteiger charge is -2.15. The van der Waals surface area contributed by atoms with E-state index >= 15 is 0 Å². The van der Waals surface area contributed by atoms with Crippen LogP contribution in [-0.2, 0) is 9.53 Å². The first-order chi connectivity index (χ1) is 4.84. The largest absolute Gasteiger partial charge is 0.462 e. The second-order valence-electron chi connectivity index (χ2n) is 2.18. The minimum absolute atomic E-state index is 0.00926. The van der Waals surface area contributed by atoms with E-state index in [-0.39, 0.29) is 6.10 Å². The van der Waals surface area contributed by atoms with Gasteiger partial charge in [-0.2, -0.15) is 0 Å². The average molecular weight is 161 g/mol. The Labute approximate surface area is 64.5 Å². The Balaban J connectivity index is 2.24. The molecule has 2 atom stereocenters. The Kier molecular flexibility index (Phi) is 3.02. The molecule has 0 bridgehead atoms. The van der Waals surface area contributed by atoms with Gasteiger partial charge in [0.1, 0.15) is 6.10 Å². The van der Waals surface area contributed by atoms with Gasteiger partial charge in [-0.1, -0.05) is 0 Å². The fourth-order valence-corrected chi connectivity index (χ4v) is 1.97. The van der Waals surface area contributed by atoms with Crippen molar-refractivity contribution in [2.75, 3.05) is 12.3 Å². The van der Waals surface area contributed by atoms with E-state index < -0.39 is 0 Å². The lowest BCUT2D eigenvalue weighted by molar-refractivity contribution is -0.132. The molecule has 2 unspecified atom stereocenters. The molecule has 3 nitrogen and oxygen atoms in total. The predicted octanol–water partition coefficient (Wildman–Crippen LogP) is 0.210. The first-order valence-electron chi connectivity index (χ1n) is 3.28. The van der Waals surface area contributed by atoms with Crippen molar-refractivity contribution in [1.82, 2.24) is 5.32 Å². The van der Waals surface area contributed by atoms with E-state index in [4.69, 9.17) is 4.74 Å². The van der Waals surface area contributed by atoms with Gasteiger partial charge in [0.15, 0.2) is 0 Å². The monoisotopic (exact) mass is 161 g/mol. The first kappa shape index (κ1) is 7.88. The van der Waals surface area contributed by atoms with Crippen molar-refractivity contribution >= 4 is 18.2 Å². The summed E-state index contributed by atoms with van der Waals surface area (Å²) in [7, 11) is 0. The third-order valence-corrected chi connectivity index (χ3v) is 2.79. The summed E-state index contributed by atoms with van der Waals surface area (Å²) < 4.78 is 4.76. The fourth-order valence-electron chi connectivity index (χ4n) is 0.906. The quantitative estimate of drug-likeness (QED) is 0.600. The van der Waals surface area contributed by atoms with Gasteiger partial charge in [-0.3, -0.25) is 4.79 Å². The van der Waals surface area contributed by atoms with Crippen LogP contribution in [0.5, 0.6) is 0 Å². The maximum absolute atomic E-state index is 9.91. The molecule has 1 heterocycles. The lowest BCUT2D eigenvalue weighted by Crippen LogP contribution is -2.32. The van der Waals surface area contributed by atoms with Crippen molar-refractivity contribution in [1.29, 1.82) is 0 Å². The number of rotatable bonds is 3. The molecule has 0 spiro atoms. The van der Waals surface area contributed by atoms with Crippen molar-refractivity contribution in [2.24, 2.45) is 0 Å². The van der Waals surface area contributed by atoms with Crippen molar-refractivity contribution in [3.63, 3.8) is 0 Å². The van der Waals surface area contributed by atoms with Crippen LogP contribution in [0.1, 0.15) is 6.92 Å². The highest BCUT2D eigenvalue weighted by Gasteiger charge is 2.21. The van der Waals surface area contributed by atoms with Crippen LogP contribution >= 0.6 is 11.8 Å². The third-order valence-electron chi connectivity index (χ3n) is 1.44. The minimum Gasteiger partial charge on any atom is -0.462 e. The summed E-state index contributed by atoms with van der Waals surface area (Å²) in [6, 6.07) is 0. The molecule has 0 radical (unpaired) electrons. The molecule has 0 saturated carbocycles. The minimum atomic E-state index is -0.00926. The fraction of sp³-hybridized carbons (Fsp3) is 0.833. The summed E-state index contributed by atoms with van der Waals surface area (Å²) in [6.07, 6.45) is -0.00926. The summed E-state index contributed by atoms with van der Waals surface area (Å²) in [5.41, 5.74) is 0. The Hall–Kier alpha value is -0.220. The van der Waals surface area contributed by atoms with Gasteiger partial charge in [-0.25, -0.2) is 0 Å². The second-order valence-corrected chi connectivity index (χ2v) is 3.43. The molecule has 1 N–H and O–H groups in total. The predicted molar refractivity (Wildman–Crippen MR) is 40.9 cm³/mol. The summed E-state index contributed by atoms with van der Waals surface area (Å²) in [6.45, 7) is 3.41. The molecule has 0 aliphatic carbocycles. The van der Waals surface area contributed by atoms with Crippen molar-refractivity contribution in [2.45, 2.75) is 18.4 Å². The molecule has 4 heteroatoms. The second kappa shape index (κ2) is 3.83. The van der Waals surface area contributed by atoms with E-state index in [0.717, 1.165) is 12.3 Å². The number of ether oxygens (including phenoxy) is 1. The van der Waals surface area contributed by atoms with Crippen LogP contribution < -0.4 is 5.32 Å². The highest BCUT2D eigenvalue weighted by atomic mass is 32.2. The van der Waals surface area contributed by atoms with E-state index in [1.807, 2.05) is 6.92 Å². The van der Waals surface area contributed by atoms with Crippen molar-refractivity contribution < 1.29 is 9.53 Å². The zero-order valence-electron chi connectivity index (χ0n) is 5.87. The number of hydrogen-bond acceptors (Lipinski definition) is 4. The first-order valence-corrected chi connectivity index (χ1v) is 4.33. The summed E-state index contributed by atoms with van der Waals surface area (Å²) in [4.78, 5) is 9.91. The van der Waals surface area contributed by atoms with Crippen LogP contribution in [0.4, 0.5) is 0 Å². The van der Waals surface area contributed by atoms with Crippen LogP contribution in [0, 0.1) is 0 Å². The van der Waals surface area contributed by atoms with Crippen LogP contribution in [0.25, 0.3) is 0 Å². The third kappa shape index (κ3) is 1.88. The number of nitrogens with one attached hydrogen (secondary N) is 1. The molecule has 1 saturated heterocycles. The molecule has 1 fully saturated rings. The van der Waals surface area contributed by atoms with Gasteiger partial charge in [0.25, 0.3) is 6.47 Å². The highest BCUT2D eigenvalue weighted by Crippen LogP contribution is 2.18. The molecule has 0 aromatic heterocycles. The van der Waals surface area contributed by atoms with Crippen LogP contribution in [0.15, 0.2) is 0 Å². The van der Waals surface area contributed by atoms with E-state index in [1.54, 1.807) is 11.8 Å². The molecule has 1 aliphatic rings. The van der Waals surface area contributed by atoms with Gasteiger partial charge in [-0.05, 0) is 6.92 Å². The highest BCUT2D eigenvalue weighted by molar-refractivity contribution is 8.00. The number of carbonyl (C=O) groups excluding carboxylic acids is 1. The smallest absolute Gasteiger partial charge is 0.293 e. The van der Waals surface area contributed by atoms with E-state index in [0.29, 0.717) is 11.8 Å². The molecule has 1 aliphatic heterocycles. The molecule has 10 heavy (non-hydrogen) atoms. The van der Waals surface area contributed by atoms with E-state index in [2.05, 4.69) is 5.32 Å². The maximum atomic E-state index is 9.91. The molecular formula is C6H11NO2S. The van der Waals surface area contributed by atoms with Gasteiger partial charge in [0, 0.05) is 12.3 Å². The Morgan fingerprint density at radius 3 is 3.20 bits per heavy atom. The van der Waals surface area contributed by atoms with Gasteiger partial charge in [-0.15, -0.1) is 11.8 Å². The molecule has 0 aromatic carbocycles. The molecular weight excluding hydrogens is 150 g/mol. The van der Waals surface area contributed by atoms with Crippen LogP contribution in [0.2, 0.25) is 0 Å². The van der Waals surface area contributed by atoms with Gasteiger partial charge >= 0.3 is 0 Å². The van der Waals surface area contributed by atoms with Gasteiger partial charge < -0.3 is 10.1 Å². The lowest BCUT2D eigenvalue weighted by atomic mass is 10.4. The maximum Gasteiger partial charge on any atom is 0.293 e. The van der Waals surface area contributed by atoms with Crippen molar-refractivity contribution in [3.05, 3.63) is 0 Å². The Bertz CT molecular complexity index is 114. The van der Waals surface area contributed by atoms with Crippen molar-refractivity contribution in [3.8, 4) is 0 Å².